The van der Waals surface area contributed by atoms with Gasteiger partial charge >= 0.3 is 16.1 Å². The summed E-state index contributed by atoms with van der Waals surface area (Å²) in [6, 6.07) is 9.90. The van der Waals surface area contributed by atoms with Gasteiger partial charge in [-0.3, -0.25) is 52.0 Å². The molecule has 2 saturated heterocycles. The Bertz CT molecular complexity index is 2830. The van der Waals surface area contributed by atoms with Crippen LogP contribution in [0, 0.1) is 28.6 Å². The summed E-state index contributed by atoms with van der Waals surface area (Å²) < 4.78 is 95.6. The molecule has 4 aromatic heterocycles. The van der Waals surface area contributed by atoms with Gasteiger partial charge in [0.15, 0.2) is 40.6 Å². The van der Waals surface area contributed by atoms with E-state index in [4.69, 9.17) is 27.6 Å². The number of aromatic nitrogens is 8. The molecule has 1 saturated carbocycles. The van der Waals surface area contributed by atoms with Gasteiger partial charge in [-0.05, 0) is 12.1 Å². The summed E-state index contributed by atoms with van der Waals surface area (Å²) in [5.74, 6) is -7.12. The summed E-state index contributed by atoms with van der Waals surface area (Å²) in [6.45, 7) is 1.77. The number of hydrogen-bond donors (Lipinski definition) is 6. The highest BCUT2D eigenvalue weighted by Crippen LogP contribution is 2.76. The van der Waals surface area contributed by atoms with Crippen LogP contribution < -0.4 is 16.2 Å². The van der Waals surface area contributed by atoms with Crippen molar-refractivity contribution < 1.29 is 70.2 Å². The second kappa shape index (κ2) is 18.3. The van der Waals surface area contributed by atoms with E-state index in [2.05, 4.69) is 40.5 Å². The molecule has 8 rings (SSSR count). The maximum absolute atomic E-state index is 16.1. The third kappa shape index (κ3) is 8.32. The molecule has 1 aromatic carbocycles. The minimum atomic E-state index is -5.24. The number of imidazole rings is 2. The molecule has 5 aromatic rings. The number of nitriles is 1. The Balaban J connectivity index is 1.11. The average Bonchev–Trinajstić information content (AvgIpc) is 3.91. The minimum absolute atomic E-state index is 0.0198. The lowest BCUT2D eigenvalue weighted by atomic mass is 9.91. The van der Waals surface area contributed by atoms with Gasteiger partial charge in [-0.15, -0.1) is 0 Å². The average molecular weight is 964 g/mol. The number of ether oxygens (including phenoxy) is 2. The standard InChI is InChI=1S/C37H41F2N11O14P2/c1-17(2)30(53)47-35-46-29-23(32(55)48-35)44-16-50(29)33-24(52)25(63-65(56)57)20(61-33)13-60-66(58,59-11-7-10-40)64-26-34(62-21(12-51)36(26)18(3)37(36,38)39)49-15-43-22-27(41-14-42-28(22)49)45-31(54)19-8-5-4-6-9-19/h4-6,8-9,14-18,20-21,24-26,33-34,51-52,65H,7,11-13H2,1-3H3,(H,56,57)(H,41,42,45,54)(H2,46,47,48,53,55)/t18-,20-,21-,24-,25-,26+,33-,34-,36-,66?/m1/s1. The number of phosphoric acid groups is 1. The fourth-order valence-electron chi connectivity index (χ4n) is 8.15. The quantitative estimate of drug-likeness (QED) is 0.0575. The molecule has 25 nitrogen and oxygen atoms in total. The third-order valence-corrected chi connectivity index (χ3v) is 13.4. The van der Waals surface area contributed by atoms with Crippen molar-refractivity contribution in [2.45, 2.75) is 76.1 Å². The van der Waals surface area contributed by atoms with Crippen LogP contribution in [-0.2, 0) is 41.5 Å². The lowest BCUT2D eigenvalue weighted by Gasteiger charge is -2.29. The van der Waals surface area contributed by atoms with Crippen LogP contribution in [0.3, 0.4) is 0 Å². The van der Waals surface area contributed by atoms with Crippen molar-refractivity contribution in [1.29, 1.82) is 5.26 Å². The van der Waals surface area contributed by atoms with Crippen LogP contribution in [0.2, 0.25) is 0 Å². The Labute approximate surface area is 371 Å². The molecule has 352 valence electrons. The van der Waals surface area contributed by atoms with E-state index in [0.717, 1.165) is 35.0 Å². The summed E-state index contributed by atoms with van der Waals surface area (Å²) in [5.41, 5.74) is -3.47. The van der Waals surface area contributed by atoms with Crippen molar-refractivity contribution in [3.05, 3.63) is 65.2 Å². The number of aliphatic hydroxyl groups excluding tert-OH is 2. The number of aliphatic hydroxyl groups is 2. The Kier molecular flexibility index (Phi) is 13.0. The van der Waals surface area contributed by atoms with E-state index >= 15 is 8.78 Å². The number of amides is 2. The molecule has 0 radical (unpaired) electrons. The molecule has 29 heteroatoms. The predicted octanol–water partition coefficient (Wildman–Crippen LogP) is 2.43. The second-order valence-electron chi connectivity index (χ2n) is 15.6. The molecule has 2 unspecified atom stereocenters. The third-order valence-electron chi connectivity index (χ3n) is 11.5. The molecule has 2 aliphatic heterocycles. The Hall–Kier alpha value is -5.49. The molecule has 3 aliphatic rings. The van der Waals surface area contributed by atoms with Crippen LogP contribution in [0.15, 0.2) is 54.1 Å². The first kappa shape index (κ1) is 47.0. The van der Waals surface area contributed by atoms with Gasteiger partial charge in [0.2, 0.25) is 11.9 Å². The Morgan fingerprint density at radius 2 is 1.76 bits per heavy atom. The second-order valence-corrected chi connectivity index (χ2v) is 18.0. The number of benzene rings is 1. The van der Waals surface area contributed by atoms with E-state index in [-0.39, 0.29) is 39.7 Å². The first-order valence-electron chi connectivity index (χ1n) is 20.1. The van der Waals surface area contributed by atoms with Crippen molar-refractivity contribution >= 4 is 62.0 Å². The molecule has 1 spiro atoms. The number of phosphoric ester groups is 1. The Morgan fingerprint density at radius 1 is 1.06 bits per heavy atom. The maximum atomic E-state index is 16.1. The van der Waals surface area contributed by atoms with Gasteiger partial charge < -0.3 is 34.4 Å². The number of fused-ring (bicyclic) bond motifs is 2. The molecule has 66 heavy (non-hydrogen) atoms. The molecule has 6 heterocycles. The van der Waals surface area contributed by atoms with Crippen molar-refractivity contribution in [3.8, 4) is 6.07 Å². The van der Waals surface area contributed by atoms with Crippen LogP contribution in [0.1, 0.15) is 50.0 Å². The number of hydrogen-bond acceptors (Lipinski definition) is 19. The summed E-state index contributed by atoms with van der Waals surface area (Å²) >= 11 is 0. The zero-order valence-corrected chi connectivity index (χ0v) is 36.7. The van der Waals surface area contributed by atoms with Crippen LogP contribution in [0.25, 0.3) is 22.3 Å². The zero-order valence-electron chi connectivity index (χ0n) is 34.8. The van der Waals surface area contributed by atoms with Crippen LogP contribution in [0.4, 0.5) is 20.5 Å². The molecule has 6 N–H and O–H groups in total. The van der Waals surface area contributed by atoms with Crippen LogP contribution in [-0.4, -0.2) is 122 Å². The van der Waals surface area contributed by atoms with Gasteiger partial charge in [0.25, 0.3) is 17.4 Å². The number of H-pyrrole nitrogens is 1. The molecular formula is C37H41F2N11O14P2. The first-order valence-corrected chi connectivity index (χ1v) is 22.8. The van der Waals surface area contributed by atoms with Gasteiger partial charge in [-0.1, -0.05) is 39.0 Å². The van der Waals surface area contributed by atoms with Gasteiger partial charge in [0, 0.05) is 17.4 Å². The summed E-state index contributed by atoms with van der Waals surface area (Å²) in [6.07, 6.45) is -9.43. The minimum Gasteiger partial charge on any atom is -0.394 e. The van der Waals surface area contributed by atoms with Gasteiger partial charge in [0.05, 0.1) is 51.1 Å². The summed E-state index contributed by atoms with van der Waals surface area (Å²) in [5, 5.41) is 36.3. The largest absolute Gasteiger partial charge is 0.475 e. The molecule has 2 amide bonds. The number of nitrogens with zero attached hydrogens (tertiary/aromatic N) is 8. The summed E-state index contributed by atoms with van der Waals surface area (Å²) in [7, 11) is -9.11. The van der Waals surface area contributed by atoms with E-state index in [1.54, 1.807) is 50.2 Å². The fourth-order valence-corrected chi connectivity index (χ4v) is 10.1. The van der Waals surface area contributed by atoms with Crippen molar-refractivity contribution in [2.24, 2.45) is 17.3 Å². The smallest absolute Gasteiger partial charge is 0.394 e. The highest BCUT2D eigenvalue weighted by molar-refractivity contribution is 7.48. The highest BCUT2D eigenvalue weighted by atomic mass is 31.2. The van der Waals surface area contributed by atoms with Gasteiger partial charge in [-0.2, -0.15) is 10.2 Å². The topological polar surface area (TPSA) is 339 Å². The number of rotatable bonds is 17. The molecule has 1 aliphatic carbocycles. The number of anilines is 2. The van der Waals surface area contributed by atoms with Crippen molar-refractivity contribution in [2.75, 3.05) is 30.5 Å². The van der Waals surface area contributed by atoms with E-state index in [1.807, 2.05) is 0 Å². The van der Waals surface area contributed by atoms with E-state index < -0.39 is 126 Å². The number of alkyl halides is 2. The number of carbonyl (C=O) groups excluding carboxylic acids is 2. The number of halogens is 2. The zero-order chi connectivity index (χ0) is 47.3. The van der Waals surface area contributed by atoms with Gasteiger partial charge in [0.1, 0.15) is 36.2 Å². The number of carbonyl (C=O) groups is 2. The van der Waals surface area contributed by atoms with Gasteiger partial charge in [-0.25, -0.2) is 33.3 Å². The monoisotopic (exact) mass is 963 g/mol. The summed E-state index contributed by atoms with van der Waals surface area (Å²) in [4.78, 5) is 71.4. The van der Waals surface area contributed by atoms with E-state index in [1.165, 1.54) is 0 Å². The normalized spacial score (nSPS) is 28.1. The highest BCUT2D eigenvalue weighted by Gasteiger charge is 2.89. The number of aromatic amines is 1. The molecule has 3 fully saturated rings. The predicted molar refractivity (Wildman–Crippen MR) is 219 cm³/mol. The molecular weight excluding hydrogens is 922 g/mol. The van der Waals surface area contributed by atoms with Crippen molar-refractivity contribution in [1.82, 2.24) is 39.0 Å². The lowest BCUT2D eigenvalue weighted by Crippen LogP contribution is -2.38. The van der Waals surface area contributed by atoms with Crippen LogP contribution >= 0.6 is 16.1 Å². The van der Waals surface area contributed by atoms with E-state index in [0.29, 0.717) is 0 Å². The Morgan fingerprint density at radius 3 is 2.41 bits per heavy atom. The number of nitrogens with one attached hydrogen (secondary N) is 3. The maximum Gasteiger partial charge on any atom is 0.475 e. The van der Waals surface area contributed by atoms with Crippen molar-refractivity contribution in [3.63, 3.8) is 0 Å². The molecule has 11 atom stereocenters. The lowest BCUT2D eigenvalue weighted by molar-refractivity contribution is -0.118. The van der Waals surface area contributed by atoms with Crippen LogP contribution in [0.5, 0.6) is 0 Å². The fraction of sp³-hybridized carbons (Fsp3) is 0.486. The molecule has 0 bridgehead atoms. The SMILES string of the molecule is CC(C)C(=O)Nc1nc2c(ncn2[C@@H]2O[C@H](COP(=O)(OCCC#N)O[C@H]3[C@H](n4cnc5c(NC(=O)c6ccccc6)ncnc54)O[C@H](CO)[C@]34[C@@H](C)C4(F)F)[C@@H](O[PH](=O)O)[C@H]2O)c(=O)[nH]1. The first-order chi connectivity index (χ1) is 31.4. The van der Waals surface area contributed by atoms with E-state index in [9.17, 15) is 43.9 Å².